The summed E-state index contributed by atoms with van der Waals surface area (Å²) in [5.74, 6) is 1.41. The molecule has 0 bridgehead atoms. The van der Waals surface area contributed by atoms with Gasteiger partial charge in [0.05, 0.1) is 23.5 Å². The van der Waals surface area contributed by atoms with Crippen molar-refractivity contribution in [3.05, 3.63) is 65.2 Å². The number of amides is 2. The second-order valence-electron chi connectivity index (χ2n) is 7.67. The molecule has 1 unspecified atom stereocenters. The fraction of sp³-hybridized carbons (Fsp3) is 0.304. The van der Waals surface area contributed by atoms with E-state index in [1.165, 1.54) is 16.7 Å². The molecule has 0 saturated carbocycles. The summed E-state index contributed by atoms with van der Waals surface area (Å²) in [6.45, 7) is 3.88. The van der Waals surface area contributed by atoms with Crippen LogP contribution >= 0.6 is 11.8 Å². The van der Waals surface area contributed by atoms with Gasteiger partial charge in [-0.3, -0.25) is 9.59 Å². The van der Waals surface area contributed by atoms with Crippen molar-refractivity contribution in [2.75, 3.05) is 25.5 Å². The standard InChI is InChI=1S/C23H24N4O4S/c1-14-17(15(2)31-25-14)13-32-21-16(8-7-11-24-21)22(28)27-12-20(23(29)26(3)4)30-19-10-6-5-9-18(19)27/h5-11,20H,12-13H2,1-4H3. The molecule has 1 aromatic carbocycles. The molecular weight excluding hydrogens is 428 g/mol. The first-order valence-corrected chi connectivity index (χ1v) is 11.1. The zero-order valence-corrected chi connectivity index (χ0v) is 19.2. The summed E-state index contributed by atoms with van der Waals surface area (Å²) in [6, 6.07) is 10.7. The van der Waals surface area contributed by atoms with E-state index in [1.54, 1.807) is 43.4 Å². The molecule has 1 aliphatic heterocycles. The number of aryl methyl sites for hydroxylation is 2. The minimum Gasteiger partial charge on any atom is -0.476 e. The number of carbonyl (C=O) groups excluding carboxylic acids is 2. The molecule has 0 saturated heterocycles. The highest BCUT2D eigenvalue weighted by Gasteiger charge is 2.35. The number of hydrogen-bond acceptors (Lipinski definition) is 7. The number of anilines is 1. The lowest BCUT2D eigenvalue weighted by Crippen LogP contribution is -2.50. The van der Waals surface area contributed by atoms with Crippen LogP contribution in [0.4, 0.5) is 5.69 Å². The number of ether oxygens (including phenoxy) is 1. The fourth-order valence-electron chi connectivity index (χ4n) is 3.51. The summed E-state index contributed by atoms with van der Waals surface area (Å²) in [5, 5.41) is 4.60. The van der Waals surface area contributed by atoms with Crippen molar-refractivity contribution in [1.82, 2.24) is 15.0 Å². The summed E-state index contributed by atoms with van der Waals surface area (Å²) in [5.41, 5.74) is 2.92. The van der Waals surface area contributed by atoms with E-state index < -0.39 is 6.10 Å². The Labute approximate surface area is 190 Å². The molecule has 0 N–H and O–H groups in total. The van der Waals surface area contributed by atoms with Crippen LogP contribution < -0.4 is 9.64 Å². The van der Waals surface area contributed by atoms with E-state index in [1.807, 2.05) is 32.0 Å². The largest absolute Gasteiger partial charge is 0.476 e. The first kappa shape index (κ1) is 21.9. The van der Waals surface area contributed by atoms with E-state index in [0.717, 1.165) is 17.0 Å². The molecule has 32 heavy (non-hydrogen) atoms. The number of rotatable bonds is 5. The quantitative estimate of drug-likeness (QED) is 0.548. The molecule has 1 atom stereocenters. The lowest BCUT2D eigenvalue weighted by atomic mass is 10.1. The van der Waals surface area contributed by atoms with Crippen LogP contribution in [0.25, 0.3) is 0 Å². The van der Waals surface area contributed by atoms with Crippen LogP contribution in [0.1, 0.15) is 27.4 Å². The Hall–Kier alpha value is -3.33. The number of aromatic nitrogens is 2. The molecule has 166 valence electrons. The van der Waals surface area contributed by atoms with Crippen LogP contribution in [0, 0.1) is 13.8 Å². The smallest absolute Gasteiger partial charge is 0.265 e. The van der Waals surface area contributed by atoms with Gasteiger partial charge in [0, 0.05) is 31.6 Å². The topological polar surface area (TPSA) is 88.8 Å². The number of carbonyl (C=O) groups is 2. The SMILES string of the molecule is Cc1noc(C)c1CSc1ncccc1C(=O)N1CC(C(=O)N(C)C)Oc2ccccc21. The van der Waals surface area contributed by atoms with Crippen molar-refractivity contribution in [2.24, 2.45) is 0 Å². The number of hydrogen-bond donors (Lipinski definition) is 0. The number of benzene rings is 1. The van der Waals surface area contributed by atoms with Crippen LogP contribution in [0.3, 0.4) is 0 Å². The van der Waals surface area contributed by atoms with E-state index in [2.05, 4.69) is 10.1 Å². The summed E-state index contributed by atoms with van der Waals surface area (Å²) < 4.78 is 11.1. The molecule has 8 nitrogen and oxygen atoms in total. The zero-order chi connectivity index (χ0) is 22.8. The molecule has 0 fully saturated rings. The first-order valence-electron chi connectivity index (χ1n) is 10.1. The minimum atomic E-state index is -0.779. The molecular formula is C23H24N4O4S. The first-order chi connectivity index (χ1) is 15.4. The van der Waals surface area contributed by atoms with Gasteiger partial charge in [-0.25, -0.2) is 4.98 Å². The van der Waals surface area contributed by atoms with Crippen molar-refractivity contribution in [2.45, 2.75) is 30.7 Å². The molecule has 2 aromatic heterocycles. The number of thioether (sulfide) groups is 1. The lowest BCUT2D eigenvalue weighted by Gasteiger charge is -2.35. The highest BCUT2D eigenvalue weighted by molar-refractivity contribution is 7.98. The van der Waals surface area contributed by atoms with E-state index in [-0.39, 0.29) is 18.4 Å². The average Bonchev–Trinajstić information content (AvgIpc) is 3.13. The maximum atomic E-state index is 13.7. The predicted molar refractivity (Wildman–Crippen MR) is 121 cm³/mol. The van der Waals surface area contributed by atoms with E-state index in [4.69, 9.17) is 9.26 Å². The van der Waals surface area contributed by atoms with Gasteiger partial charge in [0.1, 0.15) is 16.5 Å². The molecule has 0 aliphatic carbocycles. The van der Waals surface area contributed by atoms with Gasteiger partial charge in [-0.2, -0.15) is 0 Å². The highest BCUT2D eigenvalue weighted by Crippen LogP contribution is 2.36. The summed E-state index contributed by atoms with van der Waals surface area (Å²) in [6.07, 6.45) is 0.886. The zero-order valence-electron chi connectivity index (χ0n) is 18.4. The van der Waals surface area contributed by atoms with Crippen molar-refractivity contribution in [3.63, 3.8) is 0 Å². The van der Waals surface area contributed by atoms with Crippen molar-refractivity contribution in [1.29, 1.82) is 0 Å². The van der Waals surface area contributed by atoms with Crippen LogP contribution in [0.5, 0.6) is 5.75 Å². The molecule has 1 aliphatic rings. The second kappa shape index (κ2) is 9.04. The van der Waals surface area contributed by atoms with Gasteiger partial charge >= 0.3 is 0 Å². The fourth-order valence-corrected chi connectivity index (χ4v) is 4.65. The normalized spacial score (nSPS) is 15.1. The Morgan fingerprint density at radius 1 is 1.19 bits per heavy atom. The Kier molecular flexibility index (Phi) is 6.18. The van der Waals surface area contributed by atoms with Gasteiger partial charge in [0.2, 0.25) is 0 Å². The van der Waals surface area contributed by atoms with Crippen molar-refractivity contribution < 1.29 is 18.8 Å². The van der Waals surface area contributed by atoms with Crippen LogP contribution in [0.2, 0.25) is 0 Å². The number of pyridine rings is 1. The molecule has 3 aromatic rings. The number of fused-ring (bicyclic) bond motifs is 1. The van der Waals surface area contributed by atoms with Gasteiger partial charge in [-0.1, -0.05) is 17.3 Å². The molecule has 4 rings (SSSR count). The van der Waals surface area contributed by atoms with Gasteiger partial charge in [0.25, 0.3) is 11.8 Å². The Bertz CT molecular complexity index is 1140. The highest BCUT2D eigenvalue weighted by atomic mass is 32.2. The third-order valence-corrected chi connectivity index (χ3v) is 6.30. The Morgan fingerprint density at radius 2 is 1.97 bits per heavy atom. The Morgan fingerprint density at radius 3 is 2.69 bits per heavy atom. The predicted octanol–water partition coefficient (Wildman–Crippen LogP) is 3.47. The number of likely N-dealkylation sites (N-methyl/N-ethyl adjacent to an activating group) is 1. The molecule has 3 heterocycles. The Balaban J connectivity index is 1.64. The second-order valence-corrected chi connectivity index (χ2v) is 8.63. The maximum Gasteiger partial charge on any atom is 0.265 e. The van der Waals surface area contributed by atoms with Crippen molar-refractivity contribution in [3.8, 4) is 5.75 Å². The van der Waals surface area contributed by atoms with Gasteiger partial charge in [-0.05, 0) is 38.1 Å². The molecule has 9 heteroatoms. The average molecular weight is 453 g/mol. The van der Waals surface area contributed by atoms with Gasteiger partial charge in [-0.15, -0.1) is 11.8 Å². The lowest BCUT2D eigenvalue weighted by molar-refractivity contribution is -0.135. The summed E-state index contributed by atoms with van der Waals surface area (Å²) in [7, 11) is 3.34. The number of nitrogens with zero attached hydrogens (tertiary/aromatic N) is 4. The third kappa shape index (κ3) is 4.20. The van der Waals surface area contributed by atoms with Gasteiger partial charge in [0.15, 0.2) is 6.10 Å². The van der Waals surface area contributed by atoms with Crippen LogP contribution in [0.15, 0.2) is 52.1 Å². The summed E-state index contributed by atoms with van der Waals surface area (Å²) in [4.78, 5) is 33.8. The van der Waals surface area contributed by atoms with Crippen LogP contribution in [-0.2, 0) is 10.5 Å². The summed E-state index contributed by atoms with van der Waals surface area (Å²) >= 11 is 1.45. The van der Waals surface area contributed by atoms with E-state index >= 15 is 0 Å². The maximum absolute atomic E-state index is 13.7. The molecule has 2 amide bonds. The van der Waals surface area contributed by atoms with E-state index in [0.29, 0.717) is 27.8 Å². The van der Waals surface area contributed by atoms with E-state index in [9.17, 15) is 9.59 Å². The monoisotopic (exact) mass is 452 g/mol. The van der Waals surface area contributed by atoms with Crippen molar-refractivity contribution >= 4 is 29.3 Å². The van der Waals surface area contributed by atoms with Crippen LogP contribution in [-0.4, -0.2) is 53.6 Å². The van der Waals surface area contributed by atoms with Gasteiger partial charge < -0.3 is 19.1 Å². The number of para-hydroxylation sites is 2. The molecule has 0 radical (unpaired) electrons. The molecule has 0 spiro atoms. The third-order valence-electron chi connectivity index (χ3n) is 5.27. The minimum absolute atomic E-state index is 0.121.